The predicted molar refractivity (Wildman–Crippen MR) is 78.1 cm³/mol. The molecule has 0 heterocycles. The summed E-state index contributed by atoms with van der Waals surface area (Å²) in [6.45, 7) is 0.540. The van der Waals surface area contributed by atoms with E-state index in [2.05, 4.69) is 16.2 Å². The number of carbonyl (C=O) groups is 2. The van der Waals surface area contributed by atoms with Crippen LogP contribution < -0.4 is 16.2 Å². The molecule has 3 N–H and O–H groups in total. The lowest BCUT2D eigenvalue weighted by atomic mass is 9.92. The number of urea groups is 1. The molecule has 1 aliphatic carbocycles. The van der Waals surface area contributed by atoms with E-state index in [0.717, 1.165) is 31.2 Å². The summed E-state index contributed by atoms with van der Waals surface area (Å²) >= 11 is 0. The molecule has 1 saturated carbocycles. The second-order valence-corrected chi connectivity index (χ2v) is 5.09. The Bertz CT molecular complexity index is 453. The maximum Gasteiger partial charge on any atom is 0.333 e. The number of nitrogens with one attached hydrogen (secondary N) is 3. The molecule has 1 aromatic carbocycles. The fourth-order valence-corrected chi connectivity index (χ4v) is 2.54. The monoisotopic (exact) mass is 291 g/mol. The number of amides is 3. The largest absolute Gasteiger partial charge is 0.371 e. The van der Waals surface area contributed by atoms with Crippen LogP contribution in [0, 0.1) is 0 Å². The zero-order valence-corrected chi connectivity index (χ0v) is 11.9. The van der Waals surface area contributed by atoms with E-state index < -0.39 is 6.03 Å². The van der Waals surface area contributed by atoms with Crippen LogP contribution in [-0.4, -0.2) is 24.6 Å². The Balaban J connectivity index is 1.83. The highest BCUT2D eigenvalue weighted by molar-refractivity contribution is 5.75. The number of hydrogen-bond donors (Lipinski definition) is 3. The van der Waals surface area contributed by atoms with Crippen molar-refractivity contribution < 1.29 is 14.3 Å². The number of ether oxygens (including phenoxy) is 1. The van der Waals surface area contributed by atoms with E-state index in [0.29, 0.717) is 13.0 Å². The molecule has 1 fully saturated rings. The highest BCUT2D eigenvalue weighted by Crippen LogP contribution is 2.22. The molecule has 6 nitrogen and oxygen atoms in total. The zero-order valence-electron chi connectivity index (χ0n) is 11.9. The van der Waals surface area contributed by atoms with Gasteiger partial charge in [-0.2, -0.15) is 0 Å². The summed E-state index contributed by atoms with van der Waals surface area (Å²) in [5.74, 6) is 0. The number of hydrazine groups is 1. The van der Waals surface area contributed by atoms with Gasteiger partial charge in [0.05, 0.1) is 18.8 Å². The molecule has 114 valence electrons. The first-order valence-corrected chi connectivity index (χ1v) is 7.21. The van der Waals surface area contributed by atoms with E-state index in [-0.39, 0.29) is 12.1 Å². The number of carbonyl (C=O) groups excluding carboxylic acids is 2. The minimum atomic E-state index is -0.415. The molecule has 1 aliphatic rings. The Kier molecular flexibility index (Phi) is 6.02. The summed E-state index contributed by atoms with van der Waals surface area (Å²) in [4.78, 5) is 21.7. The van der Waals surface area contributed by atoms with Gasteiger partial charge in [-0.3, -0.25) is 10.2 Å². The van der Waals surface area contributed by atoms with Gasteiger partial charge in [0.2, 0.25) is 6.41 Å². The molecule has 0 radical (unpaired) electrons. The Morgan fingerprint density at radius 2 is 2.00 bits per heavy atom. The Morgan fingerprint density at radius 3 is 2.76 bits per heavy atom. The minimum Gasteiger partial charge on any atom is -0.371 e. The van der Waals surface area contributed by atoms with Crippen molar-refractivity contribution >= 4 is 12.4 Å². The van der Waals surface area contributed by atoms with E-state index in [1.807, 2.05) is 30.3 Å². The molecule has 0 bridgehead atoms. The third-order valence-electron chi connectivity index (χ3n) is 3.57. The highest BCUT2D eigenvalue weighted by Gasteiger charge is 2.27. The summed E-state index contributed by atoms with van der Waals surface area (Å²) < 4.78 is 5.95. The van der Waals surface area contributed by atoms with Gasteiger partial charge in [-0.1, -0.05) is 43.2 Å². The molecule has 0 aliphatic heterocycles. The van der Waals surface area contributed by atoms with Gasteiger partial charge in [0.1, 0.15) is 0 Å². The first-order chi connectivity index (χ1) is 10.3. The second-order valence-electron chi connectivity index (χ2n) is 5.09. The van der Waals surface area contributed by atoms with Crippen molar-refractivity contribution in [3.63, 3.8) is 0 Å². The molecule has 0 aromatic heterocycles. The van der Waals surface area contributed by atoms with Crippen molar-refractivity contribution in [2.75, 3.05) is 0 Å². The topological polar surface area (TPSA) is 79.5 Å². The lowest BCUT2D eigenvalue weighted by Gasteiger charge is -2.32. The normalized spacial score (nSPS) is 21.3. The first-order valence-electron chi connectivity index (χ1n) is 7.21. The molecule has 0 spiro atoms. The van der Waals surface area contributed by atoms with Crippen molar-refractivity contribution in [3.05, 3.63) is 35.9 Å². The van der Waals surface area contributed by atoms with Crippen LogP contribution in [0.5, 0.6) is 0 Å². The van der Waals surface area contributed by atoms with Gasteiger partial charge < -0.3 is 10.1 Å². The number of rotatable bonds is 6. The van der Waals surface area contributed by atoms with Crippen molar-refractivity contribution in [2.24, 2.45) is 0 Å². The molecule has 2 rings (SSSR count). The predicted octanol–water partition coefficient (Wildman–Crippen LogP) is 1.47. The van der Waals surface area contributed by atoms with Gasteiger partial charge in [0.15, 0.2) is 0 Å². The van der Waals surface area contributed by atoms with Crippen molar-refractivity contribution in [3.8, 4) is 0 Å². The lowest BCUT2D eigenvalue weighted by molar-refractivity contribution is -0.110. The zero-order chi connectivity index (χ0) is 14.9. The summed E-state index contributed by atoms with van der Waals surface area (Å²) in [7, 11) is 0. The van der Waals surface area contributed by atoms with Gasteiger partial charge in [0, 0.05) is 0 Å². The molecule has 2 atom stereocenters. The summed E-state index contributed by atoms with van der Waals surface area (Å²) in [6.07, 6.45) is 4.40. The van der Waals surface area contributed by atoms with Crippen LogP contribution in [0.15, 0.2) is 30.3 Å². The summed E-state index contributed by atoms with van der Waals surface area (Å²) in [5.41, 5.74) is 5.50. The maximum atomic E-state index is 11.6. The average molecular weight is 291 g/mol. The minimum absolute atomic E-state index is 0.000868. The quantitative estimate of drug-likeness (QED) is 0.548. The van der Waals surface area contributed by atoms with E-state index in [1.165, 1.54) is 0 Å². The van der Waals surface area contributed by atoms with Crippen LogP contribution >= 0.6 is 0 Å². The summed E-state index contributed by atoms with van der Waals surface area (Å²) in [5, 5.41) is 2.84. The van der Waals surface area contributed by atoms with Crippen molar-refractivity contribution in [1.82, 2.24) is 16.2 Å². The molecule has 6 heteroatoms. The molecule has 3 amide bonds. The Morgan fingerprint density at radius 1 is 1.24 bits per heavy atom. The molecule has 0 saturated heterocycles. The van der Waals surface area contributed by atoms with Crippen LogP contribution in [0.1, 0.15) is 31.2 Å². The van der Waals surface area contributed by atoms with Crippen molar-refractivity contribution in [1.29, 1.82) is 0 Å². The Hall–Kier alpha value is -2.08. The van der Waals surface area contributed by atoms with Crippen LogP contribution in [0.3, 0.4) is 0 Å². The molecular formula is C15H21N3O3. The van der Waals surface area contributed by atoms with E-state index >= 15 is 0 Å². The van der Waals surface area contributed by atoms with Gasteiger partial charge >= 0.3 is 6.03 Å². The van der Waals surface area contributed by atoms with Crippen LogP contribution in [0.4, 0.5) is 4.79 Å². The van der Waals surface area contributed by atoms with Gasteiger partial charge in [-0.25, -0.2) is 10.2 Å². The second kappa shape index (κ2) is 8.26. The highest BCUT2D eigenvalue weighted by atomic mass is 16.5. The van der Waals surface area contributed by atoms with E-state index in [4.69, 9.17) is 4.74 Å². The lowest BCUT2D eigenvalue weighted by Crippen LogP contribution is -2.52. The maximum absolute atomic E-state index is 11.6. The molecule has 21 heavy (non-hydrogen) atoms. The smallest absolute Gasteiger partial charge is 0.333 e. The fraction of sp³-hybridized carbons (Fsp3) is 0.467. The average Bonchev–Trinajstić information content (AvgIpc) is 2.53. The number of benzene rings is 1. The molecular weight excluding hydrogens is 270 g/mol. The fourth-order valence-electron chi connectivity index (χ4n) is 2.54. The van der Waals surface area contributed by atoms with Crippen LogP contribution in [-0.2, 0) is 16.1 Å². The molecule has 0 unspecified atom stereocenters. The van der Waals surface area contributed by atoms with E-state index in [1.54, 1.807) is 0 Å². The van der Waals surface area contributed by atoms with Gasteiger partial charge in [-0.05, 0) is 18.4 Å². The van der Waals surface area contributed by atoms with E-state index in [9.17, 15) is 9.59 Å². The Labute approximate surface area is 124 Å². The van der Waals surface area contributed by atoms with Crippen LogP contribution in [0.2, 0.25) is 0 Å². The third kappa shape index (κ3) is 5.07. The SMILES string of the molecule is O=CNNC(=O)N[C@H]1CCCC[C@@H]1OCc1ccccc1. The van der Waals surface area contributed by atoms with Gasteiger partial charge in [0.25, 0.3) is 0 Å². The summed E-state index contributed by atoms with van der Waals surface area (Å²) in [6, 6.07) is 9.52. The number of hydrogen-bond acceptors (Lipinski definition) is 3. The molecule has 1 aromatic rings. The standard InChI is InChI=1S/C15H21N3O3/c19-11-16-18-15(20)17-13-8-4-5-9-14(13)21-10-12-6-2-1-3-7-12/h1-3,6-7,11,13-14H,4-5,8-10H2,(H,16,19)(H2,17,18,20)/t13-,14-/m0/s1. The first kappa shape index (κ1) is 15.3. The van der Waals surface area contributed by atoms with Gasteiger partial charge in [-0.15, -0.1) is 0 Å². The third-order valence-corrected chi connectivity index (χ3v) is 3.57. The van der Waals surface area contributed by atoms with Crippen LogP contribution in [0.25, 0.3) is 0 Å². The van der Waals surface area contributed by atoms with Crippen molar-refractivity contribution in [2.45, 2.75) is 44.4 Å².